The molecule has 0 saturated carbocycles. The quantitative estimate of drug-likeness (QED) is 0.296. The van der Waals surface area contributed by atoms with Crippen molar-refractivity contribution >= 4 is 34.5 Å². The van der Waals surface area contributed by atoms with Gasteiger partial charge in [0, 0.05) is 86.8 Å². The second kappa shape index (κ2) is 13.7. The molecule has 12 heteroatoms. The molecule has 2 aromatic heterocycles. The average molecular weight is 611 g/mol. The third-order valence-corrected chi connectivity index (χ3v) is 8.21. The minimum absolute atomic E-state index is 0.0238. The normalized spacial score (nSPS) is 16.7. The predicted molar refractivity (Wildman–Crippen MR) is 167 cm³/mol. The summed E-state index contributed by atoms with van der Waals surface area (Å²) in [5.74, 6) is 1.95. The summed E-state index contributed by atoms with van der Waals surface area (Å²) in [7, 11) is 3.07. The van der Waals surface area contributed by atoms with Crippen LogP contribution in [0.1, 0.15) is 26.7 Å². The van der Waals surface area contributed by atoms with Crippen molar-refractivity contribution in [2.75, 3.05) is 58.9 Å². The van der Waals surface area contributed by atoms with Crippen molar-refractivity contribution in [3.8, 4) is 22.6 Å². The molecule has 0 bridgehead atoms. The number of carbonyl (C=O) groups excluding carboxylic acids is 1. The van der Waals surface area contributed by atoms with Crippen molar-refractivity contribution in [1.29, 1.82) is 0 Å². The van der Waals surface area contributed by atoms with E-state index in [1.165, 1.54) is 7.11 Å². The van der Waals surface area contributed by atoms with Crippen LogP contribution in [0.5, 0.6) is 11.5 Å². The molecule has 4 heterocycles. The molecule has 2 aliphatic heterocycles. The Bertz CT molecular complexity index is 1560. The van der Waals surface area contributed by atoms with Crippen LogP contribution < -0.4 is 25.7 Å². The fraction of sp³-hybridized carbons (Fsp3) is 0.484. The molecule has 0 spiro atoms. The number of carbonyl (C=O) groups is 1. The second-order valence-electron chi connectivity index (χ2n) is 11.2. The number of methoxy groups -OCH3 is 2. The van der Waals surface area contributed by atoms with Crippen molar-refractivity contribution in [2.45, 2.75) is 39.3 Å². The molecule has 43 heavy (non-hydrogen) atoms. The van der Waals surface area contributed by atoms with Gasteiger partial charge in [-0.05, 0) is 44.7 Å². The van der Waals surface area contributed by atoms with Gasteiger partial charge in [-0.1, -0.05) is 17.2 Å². The van der Waals surface area contributed by atoms with Gasteiger partial charge >= 0.3 is 0 Å². The molecular weight excluding hydrogens is 572 g/mol. The maximum Gasteiger partial charge on any atom is 0.260 e. The van der Waals surface area contributed by atoms with Gasteiger partial charge in [-0.15, -0.1) is 0 Å². The Labute approximate surface area is 256 Å². The maximum absolute atomic E-state index is 14.1. The zero-order valence-corrected chi connectivity index (χ0v) is 25.9. The van der Waals surface area contributed by atoms with Gasteiger partial charge in [0.05, 0.1) is 19.2 Å². The zero-order chi connectivity index (χ0) is 30.5. The third-order valence-electron chi connectivity index (χ3n) is 7.82. The molecule has 2 fully saturated rings. The summed E-state index contributed by atoms with van der Waals surface area (Å²) in [4.78, 5) is 37.4. The number of benzene rings is 1. The predicted octanol–water partition coefficient (Wildman–Crippen LogP) is 3.73. The summed E-state index contributed by atoms with van der Waals surface area (Å²) in [5, 5.41) is 7.80. The van der Waals surface area contributed by atoms with Crippen LogP contribution in [0.2, 0.25) is 5.02 Å². The average Bonchev–Trinajstić information content (AvgIpc) is 3.48. The van der Waals surface area contributed by atoms with E-state index in [0.717, 1.165) is 31.6 Å². The number of fused-ring (bicyclic) bond motifs is 1. The largest absolute Gasteiger partial charge is 0.497 e. The van der Waals surface area contributed by atoms with E-state index in [0.29, 0.717) is 83.3 Å². The summed E-state index contributed by atoms with van der Waals surface area (Å²) in [6.45, 7) is 8.25. The lowest BCUT2D eigenvalue weighted by Gasteiger charge is -2.39. The van der Waals surface area contributed by atoms with Crippen LogP contribution in [-0.2, 0) is 16.1 Å². The molecule has 0 aliphatic carbocycles. The Morgan fingerprint density at radius 3 is 2.67 bits per heavy atom. The van der Waals surface area contributed by atoms with E-state index in [9.17, 15) is 9.59 Å². The number of hydrogen-bond acceptors (Lipinski definition) is 9. The molecule has 11 nitrogen and oxygen atoms in total. The van der Waals surface area contributed by atoms with Gasteiger partial charge in [-0.25, -0.2) is 4.98 Å². The number of likely N-dealkylation sites (tertiary alicyclic amines) is 1. The van der Waals surface area contributed by atoms with Gasteiger partial charge in [-0.2, -0.15) is 4.98 Å². The standard InChI is InChI=1S/C31H39ClN6O5/c1-19(2)11-27(39)37-16-22(17-37)33-8-9-38-29-21(15-35-31(36-29)34-7-5-20-6-10-43-18-20)12-25(30(38)40)24-13-23(41-3)14-26(42-4)28(24)32/h11-15,20,22,33H,5-10,16-18H2,1-4H3,(H,34,35,36). The molecule has 0 radical (unpaired) electrons. The molecule has 5 rings (SSSR count). The van der Waals surface area contributed by atoms with Crippen molar-refractivity contribution in [3.05, 3.63) is 51.4 Å². The Morgan fingerprint density at radius 1 is 1.16 bits per heavy atom. The summed E-state index contributed by atoms with van der Waals surface area (Å²) < 4.78 is 18.0. The summed E-state index contributed by atoms with van der Waals surface area (Å²) in [6, 6.07) is 5.33. The van der Waals surface area contributed by atoms with Gasteiger partial charge in [0.25, 0.3) is 5.56 Å². The number of pyridine rings is 1. The van der Waals surface area contributed by atoms with E-state index >= 15 is 0 Å². The molecule has 230 valence electrons. The smallest absolute Gasteiger partial charge is 0.260 e. The summed E-state index contributed by atoms with van der Waals surface area (Å²) in [5.41, 5.74) is 2.15. The Kier molecular flexibility index (Phi) is 9.84. The number of ether oxygens (including phenoxy) is 3. The van der Waals surface area contributed by atoms with Gasteiger partial charge in [-0.3, -0.25) is 14.2 Å². The minimum atomic E-state index is -0.242. The number of amides is 1. The van der Waals surface area contributed by atoms with Crippen LogP contribution in [0.15, 0.2) is 40.8 Å². The summed E-state index contributed by atoms with van der Waals surface area (Å²) >= 11 is 6.70. The topological polar surface area (TPSA) is 120 Å². The van der Waals surface area contributed by atoms with E-state index in [1.807, 2.05) is 13.8 Å². The lowest BCUT2D eigenvalue weighted by molar-refractivity contribution is -0.130. The van der Waals surface area contributed by atoms with Crippen molar-refractivity contribution in [2.24, 2.45) is 5.92 Å². The van der Waals surface area contributed by atoms with Gasteiger partial charge in [0.15, 0.2) is 0 Å². The molecule has 2 saturated heterocycles. The number of nitrogens with zero attached hydrogens (tertiary/aromatic N) is 4. The van der Waals surface area contributed by atoms with Crippen LogP contribution in [0, 0.1) is 5.92 Å². The third kappa shape index (κ3) is 7.11. The number of allylic oxidation sites excluding steroid dienone is 1. The lowest BCUT2D eigenvalue weighted by Crippen LogP contribution is -2.60. The highest BCUT2D eigenvalue weighted by Crippen LogP contribution is 2.38. The first-order valence-corrected chi connectivity index (χ1v) is 15.0. The van der Waals surface area contributed by atoms with E-state index in [-0.39, 0.29) is 17.5 Å². The molecule has 2 aliphatic rings. The molecule has 1 aromatic carbocycles. The fourth-order valence-electron chi connectivity index (χ4n) is 5.38. The van der Waals surface area contributed by atoms with E-state index < -0.39 is 0 Å². The maximum atomic E-state index is 14.1. The molecule has 1 atom stereocenters. The lowest BCUT2D eigenvalue weighted by atomic mass is 10.0. The molecule has 1 unspecified atom stereocenters. The van der Waals surface area contributed by atoms with Crippen LogP contribution in [0.25, 0.3) is 22.2 Å². The van der Waals surface area contributed by atoms with Gasteiger partial charge < -0.3 is 29.7 Å². The van der Waals surface area contributed by atoms with Crippen molar-refractivity contribution < 1.29 is 19.0 Å². The van der Waals surface area contributed by atoms with Gasteiger partial charge in [0.1, 0.15) is 17.1 Å². The highest BCUT2D eigenvalue weighted by atomic mass is 35.5. The van der Waals surface area contributed by atoms with E-state index in [2.05, 4.69) is 15.6 Å². The molecule has 2 N–H and O–H groups in total. The van der Waals surface area contributed by atoms with Crippen LogP contribution in [0.4, 0.5) is 5.95 Å². The Morgan fingerprint density at radius 2 is 1.98 bits per heavy atom. The zero-order valence-electron chi connectivity index (χ0n) is 25.1. The number of rotatable bonds is 12. The monoisotopic (exact) mass is 610 g/mol. The first-order valence-electron chi connectivity index (χ1n) is 14.6. The van der Waals surface area contributed by atoms with Gasteiger partial charge in [0.2, 0.25) is 11.9 Å². The molecule has 3 aromatic rings. The van der Waals surface area contributed by atoms with E-state index in [1.54, 1.807) is 47.0 Å². The first-order chi connectivity index (χ1) is 20.8. The Hall–Kier alpha value is -3.67. The first kappa shape index (κ1) is 30.8. The SMILES string of the molecule is COc1cc(OC)c(Cl)c(-c2cc3cnc(NCCC4CCOC4)nc3n(CCNC3CN(C(=O)C=C(C)C)C3)c2=O)c1. The summed E-state index contributed by atoms with van der Waals surface area (Å²) in [6.07, 6.45) is 5.40. The number of nitrogens with one attached hydrogen (secondary N) is 2. The number of anilines is 1. The van der Waals surface area contributed by atoms with Crippen LogP contribution in [-0.4, -0.2) is 85.0 Å². The van der Waals surface area contributed by atoms with E-state index in [4.69, 9.17) is 30.8 Å². The molecule has 1 amide bonds. The van der Waals surface area contributed by atoms with Crippen LogP contribution >= 0.6 is 11.6 Å². The number of hydrogen-bond donors (Lipinski definition) is 2. The minimum Gasteiger partial charge on any atom is -0.497 e. The highest BCUT2D eigenvalue weighted by molar-refractivity contribution is 6.35. The second-order valence-corrected chi connectivity index (χ2v) is 11.6. The fourth-order valence-corrected chi connectivity index (χ4v) is 5.67. The Balaban J connectivity index is 1.41. The highest BCUT2D eigenvalue weighted by Gasteiger charge is 2.29. The van der Waals surface area contributed by atoms with Crippen LogP contribution in [0.3, 0.4) is 0 Å². The number of aromatic nitrogens is 3. The number of halogens is 1. The van der Waals surface area contributed by atoms with Crippen molar-refractivity contribution in [1.82, 2.24) is 24.8 Å². The van der Waals surface area contributed by atoms with Crippen molar-refractivity contribution in [3.63, 3.8) is 0 Å². The molecular formula is C31H39ClN6O5.